The Kier molecular flexibility index (Phi) is 4.77. The molecule has 0 bridgehead atoms. The lowest BCUT2D eigenvalue weighted by atomic mass is 10.0. The Balaban J connectivity index is 1.68. The molecule has 27 heavy (non-hydrogen) atoms. The topological polar surface area (TPSA) is 61.3 Å². The van der Waals surface area contributed by atoms with Gasteiger partial charge < -0.3 is 15.3 Å². The van der Waals surface area contributed by atoms with E-state index < -0.39 is 0 Å². The molecule has 0 amide bonds. The number of pyridine rings is 2. The Morgan fingerprint density at radius 1 is 1.07 bits per heavy atom. The van der Waals surface area contributed by atoms with Crippen molar-refractivity contribution in [1.29, 1.82) is 0 Å². The van der Waals surface area contributed by atoms with Gasteiger partial charge in [0, 0.05) is 43.3 Å². The maximum Gasteiger partial charge on any atom is 0.144 e. The van der Waals surface area contributed by atoms with Crippen LogP contribution in [-0.4, -0.2) is 41.3 Å². The zero-order chi connectivity index (χ0) is 18.8. The third-order valence-corrected chi connectivity index (χ3v) is 5.04. The van der Waals surface area contributed by atoms with E-state index >= 15 is 0 Å². The molecule has 4 rings (SSSR count). The van der Waals surface area contributed by atoms with Crippen LogP contribution in [0.5, 0.6) is 5.75 Å². The van der Waals surface area contributed by atoms with Crippen molar-refractivity contribution in [1.82, 2.24) is 15.3 Å². The molecule has 1 saturated heterocycles. The number of aryl methyl sites for hydroxylation is 2. The highest BCUT2D eigenvalue weighted by Crippen LogP contribution is 2.30. The molecule has 0 radical (unpaired) electrons. The fourth-order valence-electron chi connectivity index (χ4n) is 3.58. The third kappa shape index (κ3) is 3.51. The summed E-state index contributed by atoms with van der Waals surface area (Å²) in [4.78, 5) is 11.6. The Bertz CT molecular complexity index is 1010. The maximum atomic E-state index is 10.4. The molecule has 0 aliphatic carbocycles. The Morgan fingerprint density at radius 2 is 1.89 bits per heavy atom. The van der Waals surface area contributed by atoms with E-state index in [-0.39, 0.29) is 5.75 Å². The Hall–Kier alpha value is -2.92. The average molecular weight is 360 g/mol. The number of anilines is 1. The molecule has 2 aromatic heterocycles. The lowest BCUT2D eigenvalue weighted by molar-refractivity contribution is 0.476. The molecule has 3 heterocycles. The number of fused-ring (bicyclic) bond motifs is 1. The minimum atomic E-state index is 0.258. The van der Waals surface area contributed by atoms with Crippen LogP contribution in [0, 0.1) is 13.8 Å². The fraction of sp³-hybridized carbons (Fsp3) is 0.273. The summed E-state index contributed by atoms with van der Waals surface area (Å²) in [5.74, 6) is 1.26. The van der Waals surface area contributed by atoms with Gasteiger partial charge in [0.25, 0.3) is 0 Å². The lowest BCUT2D eigenvalue weighted by Gasteiger charge is -2.29. The van der Waals surface area contributed by atoms with Crippen molar-refractivity contribution >= 4 is 28.9 Å². The Morgan fingerprint density at radius 3 is 2.70 bits per heavy atom. The van der Waals surface area contributed by atoms with Crippen LogP contribution in [0.1, 0.15) is 22.4 Å². The monoisotopic (exact) mass is 360 g/mol. The molecule has 1 aliphatic heterocycles. The summed E-state index contributed by atoms with van der Waals surface area (Å²) >= 11 is 0. The van der Waals surface area contributed by atoms with Crippen molar-refractivity contribution in [2.45, 2.75) is 13.8 Å². The molecule has 5 nitrogen and oxygen atoms in total. The molecule has 0 unspecified atom stereocenters. The van der Waals surface area contributed by atoms with E-state index in [2.05, 4.69) is 32.3 Å². The third-order valence-electron chi connectivity index (χ3n) is 5.04. The van der Waals surface area contributed by atoms with Crippen molar-refractivity contribution in [3.8, 4) is 5.75 Å². The number of piperazine rings is 1. The number of benzene rings is 1. The van der Waals surface area contributed by atoms with Crippen LogP contribution in [0.15, 0.2) is 36.5 Å². The predicted molar refractivity (Wildman–Crippen MR) is 111 cm³/mol. The molecular formula is C22H24N4O. The number of phenols is 1. The zero-order valence-corrected chi connectivity index (χ0v) is 15.7. The van der Waals surface area contributed by atoms with Gasteiger partial charge in [-0.25, -0.2) is 9.97 Å². The van der Waals surface area contributed by atoms with E-state index in [1.165, 1.54) is 0 Å². The molecule has 3 aromatic rings. The number of phenolic OH excluding ortho intramolecular Hbond substituents is 1. The first kappa shape index (κ1) is 17.5. The summed E-state index contributed by atoms with van der Waals surface area (Å²) in [6.45, 7) is 7.81. The van der Waals surface area contributed by atoms with Gasteiger partial charge in [-0.05, 0) is 55.3 Å². The van der Waals surface area contributed by atoms with E-state index in [9.17, 15) is 5.11 Å². The fourth-order valence-corrected chi connectivity index (χ4v) is 3.58. The van der Waals surface area contributed by atoms with Gasteiger partial charge in [0.2, 0.25) is 0 Å². The highest BCUT2D eigenvalue weighted by Gasteiger charge is 2.14. The second-order valence-electron chi connectivity index (χ2n) is 6.98. The second kappa shape index (κ2) is 7.37. The van der Waals surface area contributed by atoms with Crippen molar-refractivity contribution < 1.29 is 5.11 Å². The molecule has 2 N–H and O–H groups in total. The van der Waals surface area contributed by atoms with Crippen LogP contribution in [0.2, 0.25) is 0 Å². The SMILES string of the molecule is Cc1cc(C)c2ccc(C=Cc3cccnc3N3CCNCC3)nc2c1O. The van der Waals surface area contributed by atoms with Crippen LogP contribution in [0.4, 0.5) is 5.82 Å². The average Bonchev–Trinajstić information content (AvgIpc) is 2.71. The largest absolute Gasteiger partial charge is 0.505 e. The summed E-state index contributed by atoms with van der Waals surface area (Å²) in [6.07, 6.45) is 5.88. The van der Waals surface area contributed by atoms with E-state index in [0.29, 0.717) is 5.52 Å². The number of hydrogen-bond donors (Lipinski definition) is 2. The van der Waals surface area contributed by atoms with Crippen LogP contribution in [0.3, 0.4) is 0 Å². The number of hydrogen-bond acceptors (Lipinski definition) is 5. The number of nitrogens with one attached hydrogen (secondary N) is 1. The molecule has 5 heteroatoms. The van der Waals surface area contributed by atoms with Crippen molar-refractivity contribution in [3.63, 3.8) is 0 Å². The van der Waals surface area contributed by atoms with Gasteiger partial charge in [-0.1, -0.05) is 12.1 Å². The first-order chi connectivity index (χ1) is 13.1. The van der Waals surface area contributed by atoms with E-state index in [4.69, 9.17) is 0 Å². The zero-order valence-electron chi connectivity index (χ0n) is 15.7. The van der Waals surface area contributed by atoms with Gasteiger partial charge in [0.1, 0.15) is 17.1 Å². The molecule has 1 fully saturated rings. The lowest BCUT2D eigenvalue weighted by Crippen LogP contribution is -2.44. The highest BCUT2D eigenvalue weighted by molar-refractivity contribution is 5.89. The minimum absolute atomic E-state index is 0.258. The van der Waals surface area contributed by atoms with Crippen LogP contribution in [0.25, 0.3) is 23.1 Å². The standard InChI is InChI=1S/C22H24N4O/c1-15-14-16(2)21(27)20-19(15)8-7-18(25-20)6-5-17-4-3-9-24-22(17)26-12-10-23-11-13-26/h3-9,14,23,27H,10-13H2,1-2H3. The maximum absolute atomic E-state index is 10.4. The predicted octanol–water partition coefficient (Wildman–Crippen LogP) is 3.53. The minimum Gasteiger partial charge on any atom is -0.505 e. The Labute approximate surface area is 159 Å². The molecular weight excluding hydrogens is 336 g/mol. The molecule has 1 aliphatic rings. The van der Waals surface area contributed by atoms with Gasteiger partial charge in [-0.2, -0.15) is 0 Å². The first-order valence-corrected chi connectivity index (χ1v) is 9.32. The second-order valence-corrected chi connectivity index (χ2v) is 6.98. The van der Waals surface area contributed by atoms with Crippen molar-refractivity contribution in [3.05, 3.63) is 58.9 Å². The molecule has 0 spiro atoms. The van der Waals surface area contributed by atoms with Crippen LogP contribution >= 0.6 is 0 Å². The first-order valence-electron chi connectivity index (χ1n) is 9.32. The normalized spacial score (nSPS) is 15.0. The summed E-state index contributed by atoms with van der Waals surface area (Å²) in [5.41, 5.74) is 4.52. The summed E-state index contributed by atoms with van der Waals surface area (Å²) < 4.78 is 0. The number of aromatic nitrogens is 2. The van der Waals surface area contributed by atoms with Crippen LogP contribution < -0.4 is 10.2 Å². The van der Waals surface area contributed by atoms with E-state index in [0.717, 1.165) is 59.8 Å². The molecule has 0 atom stereocenters. The molecule has 138 valence electrons. The summed E-state index contributed by atoms with van der Waals surface area (Å²) in [6, 6.07) is 10.0. The molecule has 0 saturated carbocycles. The highest BCUT2D eigenvalue weighted by atomic mass is 16.3. The van der Waals surface area contributed by atoms with E-state index in [1.54, 1.807) is 0 Å². The van der Waals surface area contributed by atoms with Crippen molar-refractivity contribution in [2.24, 2.45) is 0 Å². The number of aromatic hydroxyl groups is 1. The number of rotatable bonds is 3. The van der Waals surface area contributed by atoms with Crippen molar-refractivity contribution in [2.75, 3.05) is 31.1 Å². The van der Waals surface area contributed by atoms with E-state index in [1.807, 2.05) is 50.4 Å². The summed E-state index contributed by atoms with van der Waals surface area (Å²) in [7, 11) is 0. The quantitative estimate of drug-likeness (QED) is 0.748. The summed E-state index contributed by atoms with van der Waals surface area (Å²) in [5, 5.41) is 14.8. The number of nitrogens with zero attached hydrogens (tertiary/aromatic N) is 3. The van der Waals surface area contributed by atoms with Gasteiger partial charge >= 0.3 is 0 Å². The van der Waals surface area contributed by atoms with Gasteiger partial charge in [0.05, 0.1) is 5.69 Å². The van der Waals surface area contributed by atoms with Gasteiger partial charge in [0.15, 0.2) is 0 Å². The molecule has 1 aromatic carbocycles. The van der Waals surface area contributed by atoms with Crippen LogP contribution in [-0.2, 0) is 0 Å². The van der Waals surface area contributed by atoms with Gasteiger partial charge in [-0.15, -0.1) is 0 Å². The van der Waals surface area contributed by atoms with Gasteiger partial charge in [-0.3, -0.25) is 0 Å². The smallest absolute Gasteiger partial charge is 0.144 e.